The first-order valence-corrected chi connectivity index (χ1v) is 8.42. The van der Waals surface area contributed by atoms with Gasteiger partial charge in [-0.3, -0.25) is 10.1 Å². The lowest BCUT2D eigenvalue weighted by molar-refractivity contribution is -0.121. The van der Waals surface area contributed by atoms with Crippen LogP contribution < -0.4 is 20.1 Å². The van der Waals surface area contributed by atoms with Crippen LogP contribution in [0.15, 0.2) is 66.7 Å². The number of anilines is 1. The Morgan fingerprint density at radius 3 is 2.65 bits per heavy atom. The van der Waals surface area contributed by atoms with Gasteiger partial charge in [0.1, 0.15) is 11.5 Å². The van der Waals surface area contributed by atoms with Crippen LogP contribution in [0.25, 0.3) is 10.8 Å². The van der Waals surface area contributed by atoms with Crippen molar-refractivity contribution in [2.75, 3.05) is 19.0 Å². The molecule has 132 valence electrons. The third-order valence-corrected chi connectivity index (χ3v) is 3.89. The van der Waals surface area contributed by atoms with Crippen molar-refractivity contribution in [1.82, 2.24) is 5.32 Å². The van der Waals surface area contributed by atoms with Gasteiger partial charge in [0.05, 0.1) is 7.11 Å². The first kappa shape index (κ1) is 17.7. The minimum Gasteiger partial charge on any atom is -0.497 e. The molecule has 0 bridgehead atoms. The highest BCUT2D eigenvalue weighted by Gasteiger charge is 2.08. The van der Waals surface area contributed by atoms with Crippen LogP contribution in [0.1, 0.15) is 0 Å². The van der Waals surface area contributed by atoms with Crippen molar-refractivity contribution in [2.24, 2.45) is 0 Å². The Labute approximate surface area is 156 Å². The molecule has 0 saturated heterocycles. The quantitative estimate of drug-likeness (QED) is 0.674. The van der Waals surface area contributed by atoms with Crippen LogP contribution in [0, 0.1) is 0 Å². The molecule has 0 heterocycles. The highest BCUT2D eigenvalue weighted by Crippen LogP contribution is 2.24. The van der Waals surface area contributed by atoms with E-state index < -0.39 is 0 Å². The van der Waals surface area contributed by atoms with Crippen LogP contribution in [0.4, 0.5) is 5.69 Å². The fourth-order valence-electron chi connectivity index (χ4n) is 2.49. The molecule has 0 aliphatic rings. The Kier molecular flexibility index (Phi) is 5.66. The molecule has 26 heavy (non-hydrogen) atoms. The van der Waals surface area contributed by atoms with Gasteiger partial charge in [-0.15, -0.1) is 0 Å². The van der Waals surface area contributed by atoms with Gasteiger partial charge in [0.2, 0.25) is 0 Å². The normalized spacial score (nSPS) is 10.2. The molecule has 0 unspecified atom stereocenters. The maximum atomic E-state index is 12.1. The molecule has 0 radical (unpaired) electrons. The lowest BCUT2D eigenvalue weighted by Crippen LogP contribution is -2.37. The molecule has 0 atom stereocenters. The summed E-state index contributed by atoms with van der Waals surface area (Å²) in [5.41, 5.74) is 0.727. The van der Waals surface area contributed by atoms with E-state index in [-0.39, 0.29) is 17.6 Å². The maximum Gasteiger partial charge on any atom is 0.264 e. The van der Waals surface area contributed by atoms with Gasteiger partial charge in [-0.25, -0.2) is 0 Å². The third-order valence-electron chi connectivity index (χ3n) is 3.69. The van der Waals surface area contributed by atoms with Gasteiger partial charge in [0.25, 0.3) is 5.91 Å². The van der Waals surface area contributed by atoms with Gasteiger partial charge in [0.15, 0.2) is 11.7 Å². The fraction of sp³-hybridized carbons (Fsp3) is 0.100. The molecule has 0 aliphatic heterocycles. The number of carbonyl (C=O) groups is 1. The fourth-order valence-corrected chi connectivity index (χ4v) is 2.72. The summed E-state index contributed by atoms with van der Waals surface area (Å²) in [6.07, 6.45) is 0. The van der Waals surface area contributed by atoms with Crippen LogP contribution in [-0.2, 0) is 4.79 Å². The van der Waals surface area contributed by atoms with E-state index in [2.05, 4.69) is 10.6 Å². The predicted molar refractivity (Wildman–Crippen MR) is 107 cm³/mol. The van der Waals surface area contributed by atoms with E-state index in [1.807, 2.05) is 60.7 Å². The Balaban J connectivity index is 1.55. The minimum absolute atomic E-state index is 0.131. The monoisotopic (exact) mass is 366 g/mol. The zero-order valence-corrected chi connectivity index (χ0v) is 15.0. The third kappa shape index (κ3) is 4.49. The van der Waals surface area contributed by atoms with Crippen molar-refractivity contribution in [3.63, 3.8) is 0 Å². The lowest BCUT2D eigenvalue weighted by atomic mass is 10.1. The van der Waals surface area contributed by atoms with Gasteiger partial charge in [-0.2, -0.15) is 0 Å². The number of amides is 1. The van der Waals surface area contributed by atoms with Crippen LogP contribution in [0.5, 0.6) is 11.5 Å². The second-order valence-corrected chi connectivity index (χ2v) is 5.91. The summed E-state index contributed by atoms with van der Waals surface area (Å²) >= 11 is 5.16. The first-order valence-electron chi connectivity index (χ1n) is 8.01. The van der Waals surface area contributed by atoms with E-state index in [1.165, 1.54) is 0 Å². The second-order valence-electron chi connectivity index (χ2n) is 5.50. The summed E-state index contributed by atoms with van der Waals surface area (Å²) in [7, 11) is 1.59. The molecule has 3 rings (SSSR count). The number of hydrogen-bond acceptors (Lipinski definition) is 4. The van der Waals surface area contributed by atoms with Crippen molar-refractivity contribution >= 4 is 39.7 Å². The number of benzene rings is 3. The Morgan fingerprint density at radius 1 is 1.04 bits per heavy atom. The molecule has 2 N–H and O–H groups in total. The summed E-state index contributed by atoms with van der Waals surface area (Å²) in [4.78, 5) is 12.1. The summed E-state index contributed by atoms with van der Waals surface area (Å²) < 4.78 is 10.8. The molecule has 5 nitrogen and oxygen atoms in total. The second kappa shape index (κ2) is 8.31. The molecule has 0 saturated carbocycles. The van der Waals surface area contributed by atoms with Crippen LogP contribution >= 0.6 is 12.2 Å². The highest BCUT2D eigenvalue weighted by molar-refractivity contribution is 7.80. The molecule has 0 aromatic heterocycles. The zero-order valence-electron chi connectivity index (χ0n) is 14.2. The van der Waals surface area contributed by atoms with Crippen molar-refractivity contribution < 1.29 is 14.3 Å². The number of nitrogens with one attached hydrogen (secondary N) is 2. The Morgan fingerprint density at radius 2 is 1.81 bits per heavy atom. The largest absolute Gasteiger partial charge is 0.497 e. The Hall–Kier alpha value is -3.12. The van der Waals surface area contributed by atoms with Crippen LogP contribution in [0.3, 0.4) is 0 Å². The molecular weight excluding hydrogens is 348 g/mol. The van der Waals surface area contributed by atoms with Gasteiger partial charge in [0, 0.05) is 17.1 Å². The van der Waals surface area contributed by atoms with E-state index in [1.54, 1.807) is 13.2 Å². The minimum atomic E-state index is -0.335. The molecule has 3 aromatic rings. The molecule has 0 aliphatic carbocycles. The summed E-state index contributed by atoms with van der Waals surface area (Å²) in [5.74, 6) is 1.02. The average molecular weight is 366 g/mol. The van der Waals surface area contributed by atoms with Gasteiger partial charge in [-0.05, 0) is 35.8 Å². The summed E-state index contributed by atoms with van der Waals surface area (Å²) in [5, 5.41) is 7.75. The SMILES string of the molecule is COc1cccc(NC(=S)NC(=O)COc2cccc3ccccc23)c1. The molecule has 1 amide bonds. The van der Waals surface area contributed by atoms with Gasteiger partial charge < -0.3 is 14.8 Å². The van der Waals surface area contributed by atoms with Crippen molar-refractivity contribution in [3.05, 3.63) is 66.7 Å². The topological polar surface area (TPSA) is 59.6 Å². The number of methoxy groups -OCH3 is 1. The smallest absolute Gasteiger partial charge is 0.264 e. The number of thiocarbonyl (C=S) groups is 1. The standard InChI is InChI=1S/C20H18N2O3S/c1-24-16-9-5-8-15(12-16)21-20(26)22-19(23)13-25-18-11-4-7-14-6-2-3-10-17(14)18/h2-12H,13H2,1H3,(H2,21,22,23,26). The van der Waals surface area contributed by atoms with E-state index in [4.69, 9.17) is 21.7 Å². The molecule has 0 fully saturated rings. The number of rotatable bonds is 5. The zero-order chi connectivity index (χ0) is 18.4. The van der Waals surface area contributed by atoms with Crippen molar-refractivity contribution in [3.8, 4) is 11.5 Å². The summed E-state index contributed by atoms with van der Waals surface area (Å²) in [6, 6.07) is 20.8. The van der Waals surface area contributed by atoms with Crippen LogP contribution in [0.2, 0.25) is 0 Å². The van der Waals surface area contributed by atoms with E-state index in [9.17, 15) is 4.79 Å². The predicted octanol–water partition coefficient (Wildman–Crippen LogP) is 3.74. The first-order chi connectivity index (χ1) is 12.7. The molecular formula is C20H18N2O3S. The Bertz CT molecular complexity index is 938. The lowest BCUT2D eigenvalue weighted by Gasteiger charge is -2.12. The number of fused-ring (bicyclic) bond motifs is 1. The maximum absolute atomic E-state index is 12.1. The van der Waals surface area contributed by atoms with E-state index in [0.717, 1.165) is 16.5 Å². The molecule has 6 heteroatoms. The van der Waals surface area contributed by atoms with Gasteiger partial charge in [-0.1, -0.05) is 42.5 Å². The van der Waals surface area contributed by atoms with Crippen molar-refractivity contribution in [2.45, 2.75) is 0 Å². The van der Waals surface area contributed by atoms with Gasteiger partial charge >= 0.3 is 0 Å². The average Bonchev–Trinajstić information content (AvgIpc) is 2.66. The molecule has 0 spiro atoms. The number of ether oxygens (including phenoxy) is 2. The number of carbonyl (C=O) groups excluding carboxylic acids is 1. The summed E-state index contributed by atoms with van der Waals surface area (Å²) in [6.45, 7) is -0.131. The molecule has 3 aromatic carbocycles. The van der Waals surface area contributed by atoms with E-state index >= 15 is 0 Å². The number of hydrogen-bond donors (Lipinski definition) is 2. The van der Waals surface area contributed by atoms with E-state index in [0.29, 0.717) is 11.5 Å². The van der Waals surface area contributed by atoms with Crippen LogP contribution in [-0.4, -0.2) is 24.7 Å². The highest BCUT2D eigenvalue weighted by atomic mass is 32.1. The van der Waals surface area contributed by atoms with Crippen molar-refractivity contribution in [1.29, 1.82) is 0 Å².